The van der Waals surface area contributed by atoms with E-state index in [0.717, 1.165) is 18.2 Å². The van der Waals surface area contributed by atoms with Crippen molar-refractivity contribution in [3.8, 4) is 11.5 Å². The fourth-order valence-electron chi connectivity index (χ4n) is 1.93. The minimum atomic E-state index is -1.29. The molecule has 2 aromatic carbocycles. The molecule has 0 unspecified atom stereocenters. The number of phenolic OH excluding ortho intramolecular Hbond substituents is 2. The molecule has 2 aromatic rings. The summed E-state index contributed by atoms with van der Waals surface area (Å²) in [6, 6.07) is 7.64. The number of aliphatic carboxylic acids is 1. The second-order valence-corrected chi connectivity index (χ2v) is 4.64. The van der Waals surface area contributed by atoms with Crippen molar-refractivity contribution in [3.63, 3.8) is 0 Å². The van der Waals surface area contributed by atoms with Gasteiger partial charge in [0.2, 0.25) is 0 Å². The Balaban J connectivity index is 2.60. The van der Waals surface area contributed by atoms with Crippen LogP contribution in [0.3, 0.4) is 0 Å². The summed E-state index contributed by atoms with van der Waals surface area (Å²) in [6.07, 6.45) is 1.08. The Hall–Kier alpha value is -3.55. The number of rotatable bonds is 4. The first-order valence-corrected chi connectivity index (χ1v) is 6.31. The summed E-state index contributed by atoms with van der Waals surface area (Å²) in [4.78, 5) is 21.4. The van der Waals surface area contributed by atoms with Crippen molar-refractivity contribution in [2.45, 2.75) is 0 Å². The quantitative estimate of drug-likeness (QED) is 0.222. The average Bonchev–Trinajstić information content (AvgIpc) is 2.47. The van der Waals surface area contributed by atoms with Gasteiger partial charge in [-0.2, -0.15) is 0 Å². The van der Waals surface area contributed by atoms with E-state index in [-0.39, 0.29) is 11.1 Å². The van der Waals surface area contributed by atoms with E-state index in [9.17, 15) is 30.2 Å². The van der Waals surface area contributed by atoms with Crippen LogP contribution in [-0.4, -0.2) is 26.2 Å². The van der Waals surface area contributed by atoms with E-state index < -0.39 is 28.1 Å². The predicted molar refractivity (Wildman–Crippen MR) is 82.8 cm³/mol. The fourth-order valence-corrected chi connectivity index (χ4v) is 1.93. The van der Waals surface area contributed by atoms with Crippen molar-refractivity contribution in [1.82, 2.24) is 0 Å². The lowest BCUT2D eigenvalue weighted by molar-refractivity contribution is -0.385. The zero-order valence-corrected chi connectivity index (χ0v) is 11.6. The number of nitro benzene ring substituents is 1. The molecule has 0 spiro atoms. The SMILES string of the molecule is Nc1ccc(/C(=C/c2cc([N+](=O)[O-])c(O)cc2O)C(=O)O)cc1. The Kier molecular flexibility index (Phi) is 4.17. The highest BCUT2D eigenvalue weighted by atomic mass is 16.6. The topological polar surface area (TPSA) is 147 Å². The van der Waals surface area contributed by atoms with Crippen LogP contribution in [0.25, 0.3) is 11.6 Å². The molecule has 0 fully saturated rings. The molecule has 0 amide bonds. The summed E-state index contributed by atoms with van der Waals surface area (Å²) >= 11 is 0. The third-order valence-electron chi connectivity index (χ3n) is 3.07. The van der Waals surface area contributed by atoms with Crippen LogP contribution in [0.5, 0.6) is 11.5 Å². The van der Waals surface area contributed by atoms with Crippen LogP contribution in [0.2, 0.25) is 0 Å². The number of aromatic hydroxyl groups is 2. The first kappa shape index (κ1) is 15.8. The normalized spacial score (nSPS) is 11.2. The highest BCUT2D eigenvalue weighted by Crippen LogP contribution is 2.35. The van der Waals surface area contributed by atoms with Gasteiger partial charge in [-0.05, 0) is 23.8 Å². The first-order chi connectivity index (χ1) is 10.8. The zero-order valence-electron chi connectivity index (χ0n) is 11.6. The number of hydrogen-bond donors (Lipinski definition) is 4. The monoisotopic (exact) mass is 316 g/mol. The van der Waals surface area contributed by atoms with Gasteiger partial charge in [-0.3, -0.25) is 10.1 Å². The van der Waals surface area contributed by atoms with Crippen LogP contribution in [0.4, 0.5) is 11.4 Å². The van der Waals surface area contributed by atoms with Gasteiger partial charge in [0.1, 0.15) is 5.75 Å². The maximum atomic E-state index is 11.4. The van der Waals surface area contributed by atoms with Gasteiger partial charge in [-0.1, -0.05) is 12.1 Å². The standard InChI is InChI=1S/C15H12N2O6/c16-10-3-1-8(2-4-10)11(15(20)21)5-9-6-12(17(22)23)14(19)7-13(9)18/h1-7,18-19H,16H2,(H,20,21)/b11-5-. The van der Waals surface area contributed by atoms with Crippen molar-refractivity contribution in [1.29, 1.82) is 0 Å². The van der Waals surface area contributed by atoms with E-state index in [4.69, 9.17) is 5.73 Å². The van der Waals surface area contributed by atoms with Gasteiger partial charge < -0.3 is 21.1 Å². The Morgan fingerprint density at radius 2 is 1.74 bits per heavy atom. The molecule has 0 aliphatic carbocycles. The Bertz CT molecular complexity index is 811. The van der Waals surface area contributed by atoms with Crippen molar-refractivity contribution in [2.75, 3.05) is 5.73 Å². The van der Waals surface area contributed by atoms with Gasteiger partial charge in [0.25, 0.3) is 0 Å². The van der Waals surface area contributed by atoms with Crippen LogP contribution in [0.1, 0.15) is 11.1 Å². The van der Waals surface area contributed by atoms with E-state index >= 15 is 0 Å². The lowest BCUT2D eigenvalue weighted by atomic mass is 10.0. The summed E-state index contributed by atoms with van der Waals surface area (Å²) in [5.41, 5.74) is 5.35. The zero-order chi connectivity index (χ0) is 17.1. The Morgan fingerprint density at radius 1 is 1.13 bits per heavy atom. The summed E-state index contributed by atoms with van der Waals surface area (Å²) in [7, 11) is 0. The number of nitrogens with zero attached hydrogens (tertiary/aromatic N) is 1. The lowest BCUT2D eigenvalue weighted by Gasteiger charge is -2.06. The van der Waals surface area contributed by atoms with Crippen molar-refractivity contribution in [2.24, 2.45) is 0 Å². The molecule has 8 nitrogen and oxygen atoms in total. The van der Waals surface area contributed by atoms with Gasteiger partial charge in [0.15, 0.2) is 5.75 Å². The number of hydrogen-bond acceptors (Lipinski definition) is 6. The molecule has 0 aliphatic heterocycles. The van der Waals surface area contributed by atoms with Crippen molar-refractivity contribution < 1.29 is 25.0 Å². The number of carboxylic acid groups (broad SMARTS) is 1. The lowest BCUT2D eigenvalue weighted by Crippen LogP contribution is -2.00. The summed E-state index contributed by atoms with van der Waals surface area (Å²) in [5, 5.41) is 39.3. The summed E-state index contributed by atoms with van der Waals surface area (Å²) < 4.78 is 0. The molecule has 0 bridgehead atoms. The van der Waals surface area contributed by atoms with E-state index in [1.165, 1.54) is 24.3 Å². The molecule has 2 rings (SSSR count). The third-order valence-corrected chi connectivity index (χ3v) is 3.07. The van der Waals surface area contributed by atoms with Gasteiger partial charge in [-0.15, -0.1) is 0 Å². The number of phenols is 2. The Morgan fingerprint density at radius 3 is 2.26 bits per heavy atom. The first-order valence-electron chi connectivity index (χ1n) is 6.31. The minimum Gasteiger partial charge on any atom is -0.507 e. The fraction of sp³-hybridized carbons (Fsp3) is 0. The number of nitro groups is 1. The van der Waals surface area contributed by atoms with E-state index in [1.54, 1.807) is 0 Å². The van der Waals surface area contributed by atoms with Crippen molar-refractivity contribution >= 4 is 29.0 Å². The maximum absolute atomic E-state index is 11.4. The number of carboxylic acids is 1. The average molecular weight is 316 g/mol. The molecule has 0 saturated heterocycles. The largest absolute Gasteiger partial charge is 0.507 e. The van der Waals surface area contributed by atoms with Crippen molar-refractivity contribution in [3.05, 3.63) is 57.6 Å². The minimum absolute atomic E-state index is 0.108. The van der Waals surface area contributed by atoms with E-state index in [2.05, 4.69) is 0 Å². The highest BCUT2D eigenvalue weighted by Gasteiger charge is 2.18. The molecule has 0 aliphatic rings. The molecule has 0 aromatic heterocycles. The van der Waals surface area contributed by atoms with Gasteiger partial charge in [0, 0.05) is 23.4 Å². The third kappa shape index (κ3) is 3.38. The van der Waals surface area contributed by atoms with E-state index in [0.29, 0.717) is 11.3 Å². The molecule has 5 N–H and O–H groups in total. The second kappa shape index (κ2) is 6.06. The molecular weight excluding hydrogens is 304 g/mol. The molecule has 23 heavy (non-hydrogen) atoms. The Labute approximate surface area is 129 Å². The molecule has 118 valence electrons. The number of anilines is 1. The summed E-state index contributed by atoms with van der Waals surface area (Å²) in [6.45, 7) is 0. The highest BCUT2D eigenvalue weighted by molar-refractivity contribution is 6.20. The number of carbonyl (C=O) groups is 1. The molecule has 0 saturated carbocycles. The maximum Gasteiger partial charge on any atom is 0.336 e. The van der Waals surface area contributed by atoms with Crippen LogP contribution < -0.4 is 5.73 Å². The molecule has 0 heterocycles. The van der Waals surface area contributed by atoms with E-state index in [1.807, 2.05) is 0 Å². The van der Waals surface area contributed by atoms with Crippen LogP contribution in [-0.2, 0) is 4.79 Å². The molecule has 8 heteroatoms. The molecular formula is C15H12N2O6. The number of nitrogens with two attached hydrogens (primary N) is 1. The molecule has 0 atom stereocenters. The van der Waals surface area contributed by atoms with Crippen LogP contribution >= 0.6 is 0 Å². The van der Waals surface area contributed by atoms with Gasteiger partial charge >= 0.3 is 11.7 Å². The second-order valence-electron chi connectivity index (χ2n) is 4.64. The molecule has 0 radical (unpaired) electrons. The van der Waals surface area contributed by atoms with Gasteiger partial charge in [0.05, 0.1) is 10.5 Å². The number of nitrogen functional groups attached to an aromatic ring is 1. The predicted octanol–water partition coefficient (Wildman–Crippen LogP) is 2.21. The van der Waals surface area contributed by atoms with Crippen LogP contribution in [0, 0.1) is 10.1 Å². The summed E-state index contributed by atoms with van der Waals surface area (Å²) in [5.74, 6) is -2.48. The number of benzene rings is 2. The van der Waals surface area contributed by atoms with Gasteiger partial charge in [-0.25, -0.2) is 4.79 Å². The smallest absolute Gasteiger partial charge is 0.336 e. The van der Waals surface area contributed by atoms with Crippen LogP contribution in [0.15, 0.2) is 36.4 Å².